The number of nitrogens with one attached hydrogen (secondary N) is 1. The van der Waals surface area contributed by atoms with Crippen molar-refractivity contribution in [1.29, 1.82) is 0 Å². The van der Waals surface area contributed by atoms with Crippen molar-refractivity contribution in [3.8, 4) is 0 Å². The van der Waals surface area contributed by atoms with Crippen LogP contribution in [-0.4, -0.2) is 66.3 Å². The van der Waals surface area contributed by atoms with Crippen molar-refractivity contribution < 1.29 is 22.7 Å². The minimum Gasteiger partial charge on any atom is -0.444 e. The van der Waals surface area contributed by atoms with E-state index in [0.717, 1.165) is 38.0 Å². The normalized spacial score (nSPS) is 15.9. The van der Waals surface area contributed by atoms with E-state index in [9.17, 15) is 18.0 Å². The summed E-state index contributed by atoms with van der Waals surface area (Å²) < 4.78 is 43.9. The summed E-state index contributed by atoms with van der Waals surface area (Å²) in [5.74, 6) is 0. The standard InChI is InChI=1S/C19H29F3N4O2S2/c1-18(2,3)28-17(27)26-11-9-25(10-12-26)8-4-7-24-15-6-5-14(30-23)13-16(15)29-19(20,21)22/h5-6,13,24H,4,7-12,23H2,1-3H3. The Labute approximate surface area is 184 Å². The number of rotatable bonds is 7. The van der Waals surface area contributed by atoms with Gasteiger partial charge in [0.05, 0.1) is 0 Å². The third kappa shape index (κ3) is 8.83. The zero-order valence-electron chi connectivity index (χ0n) is 17.4. The molecule has 2 rings (SSSR count). The lowest BCUT2D eigenvalue weighted by atomic mass is 10.2. The molecule has 3 N–H and O–H groups in total. The molecule has 0 unspecified atom stereocenters. The van der Waals surface area contributed by atoms with Crippen molar-refractivity contribution >= 4 is 35.5 Å². The molecule has 0 spiro atoms. The first kappa shape index (κ1) is 25.0. The van der Waals surface area contributed by atoms with E-state index in [-0.39, 0.29) is 22.8 Å². The van der Waals surface area contributed by atoms with E-state index in [4.69, 9.17) is 9.88 Å². The molecule has 0 bridgehead atoms. The van der Waals surface area contributed by atoms with Crippen LogP contribution in [0, 0.1) is 0 Å². The molecule has 30 heavy (non-hydrogen) atoms. The predicted octanol–water partition coefficient (Wildman–Crippen LogP) is 4.62. The first-order valence-electron chi connectivity index (χ1n) is 9.67. The van der Waals surface area contributed by atoms with Crippen molar-refractivity contribution in [2.24, 2.45) is 5.14 Å². The molecule has 1 heterocycles. The Bertz CT molecular complexity index is 706. The largest absolute Gasteiger partial charge is 0.446 e. The smallest absolute Gasteiger partial charge is 0.444 e. The lowest BCUT2D eigenvalue weighted by molar-refractivity contribution is -0.0328. The first-order valence-corrected chi connectivity index (χ1v) is 11.4. The van der Waals surface area contributed by atoms with Gasteiger partial charge in [-0.15, -0.1) is 0 Å². The topological polar surface area (TPSA) is 70.8 Å². The van der Waals surface area contributed by atoms with Crippen LogP contribution in [-0.2, 0) is 4.74 Å². The number of nitrogens with two attached hydrogens (primary N) is 1. The monoisotopic (exact) mass is 466 g/mol. The Morgan fingerprint density at radius 1 is 1.20 bits per heavy atom. The maximum absolute atomic E-state index is 12.8. The van der Waals surface area contributed by atoms with Gasteiger partial charge in [-0.05, 0) is 75.6 Å². The fourth-order valence-corrected chi connectivity index (χ4v) is 4.03. The third-order valence-electron chi connectivity index (χ3n) is 4.31. The lowest BCUT2D eigenvalue weighted by Crippen LogP contribution is -2.50. The highest BCUT2D eigenvalue weighted by Crippen LogP contribution is 2.41. The van der Waals surface area contributed by atoms with Gasteiger partial charge in [0.25, 0.3) is 0 Å². The summed E-state index contributed by atoms with van der Waals surface area (Å²) in [5, 5.41) is 8.56. The van der Waals surface area contributed by atoms with Crippen LogP contribution in [0.2, 0.25) is 0 Å². The summed E-state index contributed by atoms with van der Waals surface area (Å²) in [5.41, 5.74) is -4.42. The second-order valence-electron chi connectivity index (χ2n) is 7.91. The van der Waals surface area contributed by atoms with Gasteiger partial charge in [-0.2, -0.15) is 13.2 Å². The quantitative estimate of drug-likeness (QED) is 0.345. The van der Waals surface area contributed by atoms with Crippen LogP contribution in [0.5, 0.6) is 0 Å². The zero-order valence-corrected chi connectivity index (χ0v) is 19.1. The van der Waals surface area contributed by atoms with E-state index in [1.54, 1.807) is 17.0 Å². The maximum Gasteiger partial charge on any atom is 0.446 e. The molecule has 1 aromatic rings. The van der Waals surface area contributed by atoms with Crippen molar-refractivity contribution in [2.45, 2.75) is 48.1 Å². The molecule has 6 nitrogen and oxygen atoms in total. The number of ether oxygens (including phenoxy) is 1. The van der Waals surface area contributed by atoms with E-state index in [0.29, 0.717) is 30.2 Å². The molecular formula is C19H29F3N4O2S2. The molecule has 0 radical (unpaired) electrons. The number of carbonyl (C=O) groups is 1. The van der Waals surface area contributed by atoms with Crippen LogP contribution in [0.15, 0.2) is 28.0 Å². The van der Waals surface area contributed by atoms with Crippen molar-refractivity contribution in [3.63, 3.8) is 0 Å². The van der Waals surface area contributed by atoms with Gasteiger partial charge in [-0.25, -0.2) is 4.79 Å². The average molecular weight is 467 g/mol. The van der Waals surface area contributed by atoms with Gasteiger partial charge in [-0.3, -0.25) is 10.0 Å². The molecule has 1 amide bonds. The van der Waals surface area contributed by atoms with Gasteiger partial charge in [0.15, 0.2) is 0 Å². The van der Waals surface area contributed by atoms with Gasteiger partial charge >= 0.3 is 11.6 Å². The number of halogens is 3. The molecule has 0 aliphatic carbocycles. The second-order valence-corrected chi connectivity index (χ2v) is 9.73. The number of carbonyl (C=O) groups excluding carboxylic acids is 1. The fraction of sp³-hybridized carbons (Fsp3) is 0.632. The Morgan fingerprint density at radius 3 is 2.43 bits per heavy atom. The summed E-state index contributed by atoms with van der Waals surface area (Å²) >= 11 is 0.776. The first-order chi connectivity index (χ1) is 14.0. The minimum atomic E-state index is -4.36. The van der Waals surface area contributed by atoms with Gasteiger partial charge in [0, 0.05) is 48.2 Å². The Morgan fingerprint density at radius 2 is 1.87 bits per heavy atom. The number of hydrogen-bond acceptors (Lipinski definition) is 7. The van der Waals surface area contributed by atoms with E-state index >= 15 is 0 Å². The van der Waals surface area contributed by atoms with Crippen LogP contribution < -0.4 is 10.5 Å². The number of alkyl halides is 3. The summed E-state index contributed by atoms with van der Waals surface area (Å²) in [6, 6.07) is 4.77. The lowest BCUT2D eigenvalue weighted by Gasteiger charge is -2.35. The fourth-order valence-electron chi connectivity index (χ4n) is 2.94. The van der Waals surface area contributed by atoms with Crippen LogP contribution >= 0.6 is 23.7 Å². The van der Waals surface area contributed by atoms with Gasteiger partial charge in [-0.1, -0.05) is 0 Å². The minimum absolute atomic E-state index is 0.115. The highest BCUT2D eigenvalue weighted by molar-refractivity contribution is 8.00. The number of nitrogens with zero attached hydrogens (tertiary/aromatic N) is 2. The molecule has 1 saturated heterocycles. The average Bonchev–Trinajstić information content (AvgIpc) is 2.64. The highest BCUT2D eigenvalue weighted by Gasteiger charge is 2.30. The summed E-state index contributed by atoms with van der Waals surface area (Å²) in [6.45, 7) is 9.58. The summed E-state index contributed by atoms with van der Waals surface area (Å²) in [6.07, 6.45) is 0.480. The van der Waals surface area contributed by atoms with Gasteiger partial charge in [0.1, 0.15) is 5.60 Å². The van der Waals surface area contributed by atoms with Gasteiger partial charge in [0.2, 0.25) is 0 Å². The second kappa shape index (κ2) is 10.8. The van der Waals surface area contributed by atoms with E-state index in [2.05, 4.69) is 10.2 Å². The number of thioether (sulfide) groups is 1. The van der Waals surface area contributed by atoms with E-state index < -0.39 is 11.1 Å². The molecule has 1 aliphatic rings. The number of hydrogen-bond donors (Lipinski definition) is 2. The van der Waals surface area contributed by atoms with Crippen LogP contribution in [0.3, 0.4) is 0 Å². The Kier molecular flexibility index (Phi) is 9.01. The SMILES string of the molecule is CC(C)(C)OC(=O)N1CCN(CCCNc2ccc(SN)cc2SC(F)(F)F)CC1. The summed E-state index contributed by atoms with van der Waals surface area (Å²) in [7, 11) is 0. The van der Waals surface area contributed by atoms with E-state index in [1.807, 2.05) is 20.8 Å². The van der Waals surface area contributed by atoms with E-state index in [1.165, 1.54) is 6.07 Å². The Balaban J connectivity index is 1.76. The van der Waals surface area contributed by atoms with Crippen molar-refractivity contribution in [1.82, 2.24) is 9.80 Å². The van der Waals surface area contributed by atoms with Crippen LogP contribution in [0.4, 0.5) is 23.7 Å². The Hall–Kier alpha value is -1.30. The predicted molar refractivity (Wildman–Crippen MR) is 116 cm³/mol. The van der Waals surface area contributed by atoms with Gasteiger partial charge < -0.3 is 15.0 Å². The van der Waals surface area contributed by atoms with Crippen molar-refractivity contribution in [2.75, 3.05) is 44.6 Å². The molecule has 1 aromatic carbocycles. The molecule has 1 fully saturated rings. The maximum atomic E-state index is 12.8. The number of piperazine rings is 1. The molecule has 0 saturated carbocycles. The number of anilines is 1. The van der Waals surface area contributed by atoms with Crippen LogP contribution in [0.25, 0.3) is 0 Å². The van der Waals surface area contributed by atoms with Crippen LogP contribution in [0.1, 0.15) is 27.2 Å². The van der Waals surface area contributed by atoms with Crippen molar-refractivity contribution in [3.05, 3.63) is 18.2 Å². The zero-order chi connectivity index (χ0) is 22.4. The molecule has 1 aliphatic heterocycles. The number of benzene rings is 1. The molecule has 170 valence electrons. The third-order valence-corrected chi connectivity index (χ3v) is 5.62. The molecule has 0 aromatic heterocycles. The number of amides is 1. The molecular weight excluding hydrogens is 437 g/mol. The molecule has 0 atom stereocenters. The highest BCUT2D eigenvalue weighted by atomic mass is 32.2. The molecule has 11 heteroatoms. The summed E-state index contributed by atoms with van der Waals surface area (Å²) in [4.78, 5) is 16.7.